The lowest BCUT2D eigenvalue weighted by molar-refractivity contribution is -0.0106. The van der Waals surface area contributed by atoms with Gasteiger partial charge in [0.25, 0.3) is 0 Å². The summed E-state index contributed by atoms with van der Waals surface area (Å²) in [6.45, 7) is 3.69. The Balaban J connectivity index is 1.66. The molecule has 2 aliphatic rings. The second-order valence-electron chi connectivity index (χ2n) is 10.1. The summed E-state index contributed by atoms with van der Waals surface area (Å²) in [6, 6.07) is 4.75. The molecule has 0 bridgehead atoms. The molecule has 2 unspecified atom stereocenters. The largest absolute Gasteiger partial charge is 0.453 e. The van der Waals surface area contributed by atoms with Crippen molar-refractivity contribution < 1.29 is 28.2 Å². The SMILES string of the molecule is CNCC(CC1CCCOCC1)NC(=O)N1CCC[C@@H]([C@@H](OCCNC(=O)OC)c2cccc(Cl)c2F)C1. The van der Waals surface area contributed by atoms with Crippen molar-refractivity contribution in [3.05, 3.63) is 34.6 Å². The molecule has 1 aromatic rings. The summed E-state index contributed by atoms with van der Waals surface area (Å²) >= 11 is 6.08. The predicted molar refractivity (Wildman–Crippen MR) is 144 cm³/mol. The quantitative estimate of drug-likeness (QED) is 0.355. The highest BCUT2D eigenvalue weighted by atomic mass is 35.5. The monoisotopic (exact) mass is 556 g/mol. The molecule has 0 radical (unpaired) electrons. The van der Waals surface area contributed by atoms with Crippen LogP contribution < -0.4 is 16.0 Å². The third kappa shape index (κ3) is 9.25. The number of urea groups is 1. The van der Waals surface area contributed by atoms with Crippen LogP contribution in [0, 0.1) is 17.7 Å². The number of hydrogen-bond acceptors (Lipinski definition) is 6. The maximum absolute atomic E-state index is 15.1. The third-order valence-corrected chi connectivity index (χ3v) is 7.57. The average Bonchev–Trinajstić information content (AvgIpc) is 3.19. The lowest BCUT2D eigenvalue weighted by atomic mass is 9.88. The number of carbonyl (C=O) groups excluding carboxylic acids is 2. The van der Waals surface area contributed by atoms with Gasteiger partial charge in [-0.15, -0.1) is 0 Å². The molecule has 214 valence electrons. The van der Waals surface area contributed by atoms with Crippen molar-refractivity contribution in [3.8, 4) is 0 Å². The average molecular weight is 557 g/mol. The standard InChI is InChI=1S/C27H42ClFN4O5/c1-30-17-21(16-19-6-5-13-37-14-10-19)32-26(34)33-12-4-7-20(18-33)25(38-15-11-31-27(35)36-2)22-8-3-9-23(28)24(22)29/h3,8-9,19-21,25,30H,4-7,10-18H2,1-2H3,(H,31,35)(H,32,34)/t19?,20-,21?,25-/m1/s1. The van der Waals surface area contributed by atoms with Crippen LogP contribution in [0.25, 0.3) is 0 Å². The van der Waals surface area contributed by atoms with Gasteiger partial charge in [-0.25, -0.2) is 14.0 Å². The van der Waals surface area contributed by atoms with Crippen LogP contribution in [0.3, 0.4) is 0 Å². The highest BCUT2D eigenvalue weighted by molar-refractivity contribution is 6.30. The molecule has 4 atom stereocenters. The third-order valence-electron chi connectivity index (χ3n) is 7.28. The Kier molecular flexibility index (Phi) is 12.9. The van der Waals surface area contributed by atoms with Gasteiger partial charge in [-0.1, -0.05) is 23.7 Å². The second-order valence-corrected chi connectivity index (χ2v) is 10.5. The molecule has 9 nitrogen and oxygen atoms in total. The van der Waals surface area contributed by atoms with Gasteiger partial charge >= 0.3 is 12.1 Å². The van der Waals surface area contributed by atoms with Gasteiger partial charge in [0.15, 0.2) is 0 Å². The molecule has 0 spiro atoms. The number of amides is 3. The minimum atomic E-state index is -0.622. The Bertz CT molecular complexity index is 887. The molecule has 1 aromatic carbocycles. The van der Waals surface area contributed by atoms with Crippen LogP contribution in [0.2, 0.25) is 5.02 Å². The number of likely N-dealkylation sites (N-methyl/N-ethyl adjacent to an activating group) is 1. The van der Waals surface area contributed by atoms with E-state index in [1.54, 1.807) is 17.0 Å². The minimum absolute atomic E-state index is 0.0118. The fourth-order valence-electron chi connectivity index (χ4n) is 5.39. The van der Waals surface area contributed by atoms with Crippen molar-refractivity contribution in [2.24, 2.45) is 11.8 Å². The summed E-state index contributed by atoms with van der Waals surface area (Å²) in [5.41, 5.74) is 0.353. The van der Waals surface area contributed by atoms with Crippen LogP contribution in [-0.2, 0) is 14.2 Å². The lowest BCUT2D eigenvalue weighted by Gasteiger charge is -2.38. The van der Waals surface area contributed by atoms with Crippen LogP contribution in [0.4, 0.5) is 14.0 Å². The number of benzene rings is 1. The van der Waals surface area contributed by atoms with E-state index < -0.39 is 18.0 Å². The van der Waals surface area contributed by atoms with E-state index in [2.05, 4.69) is 20.7 Å². The number of ether oxygens (including phenoxy) is 3. The number of halogens is 2. The van der Waals surface area contributed by atoms with Crippen molar-refractivity contribution in [1.82, 2.24) is 20.9 Å². The van der Waals surface area contributed by atoms with Gasteiger partial charge in [-0.05, 0) is 57.6 Å². The van der Waals surface area contributed by atoms with Gasteiger partial charge in [0, 0.05) is 56.9 Å². The zero-order valence-corrected chi connectivity index (χ0v) is 23.2. The number of likely N-dealkylation sites (tertiary alicyclic amines) is 1. The number of rotatable bonds is 11. The van der Waals surface area contributed by atoms with Crippen LogP contribution in [0.1, 0.15) is 50.2 Å². The van der Waals surface area contributed by atoms with Crippen LogP contribution in [0.15, 0.2) is 18.2 Å². The van der Waals surface area contributed by atoms with Crippen LogP contribution in [0.5, 0.6) is 0 Å². The van der Waals surface area contributed by atoms with Crippen molar-refractivity contribution in [2.45, 2.75) is 50.7 Å². The molecule has 2 saturated heterocycles. The van der Waals surface area contributed by atoms with E-state index in [-0.39, 0.29) is 36.2 Å². The lowest BCUT2D eigenvalue weighted by Crippen LogP contribution is -2.52. The molecule has 3 amide bonds. The molecule has 0 saturated carbocycles. The normalized spacial score (nSPS) is 21.7. The first-order chi connectivity index (χ1) is 18.4. The Morgan fingerprint density at radius 1 is 1.24 bits per heavy atom. The van der Waals surface area contributed by atoms with Gasteiger partial charge < -0.3 is 35.1 Å². The Morgan fingerprint density at radius 3 is 2.87 bits per heavy atom. The van der Waals surface area contributed by atoms with Gasteiger partial charge in [0.2, 0.25) is 0 Å². The maximum atomic E-state index is 15.1. The molecule has 3 rings (SSSR count). The molecule has 0 aliphatic carbocycles. The van der Waals surface area contributed by atoms with Crippen molar-refractivity contribution in [3.63, 3.8) is 0 Å². The number of methoxy groups -OCH3 is 1. The van der Waals surface area contributed by atoms with E-state index in [0.717, 1.165) is 51.7 Å². The first kappa shape index (κ1) is 30.4. The molecule has 38 heavy (non-hydrogen) atoms. The second kappa shape index (κ2) is 16.1. The molecule has 3 N–H and O–H groups in total. The predicted octanol–water partition coefficient (Wildman–Crippen LogP) is 4.11. The molecule has 2 heterocycles. The van der Waals surface area contributed by atoms with Gasteiger partial charge in [0.1, 0.15) is 5.82 Å². The first-order valence-electron chi connectivity index (χ1n) is 13.6. The highest BCUT2D eigenvalue weighted by Gasteiger charge is 2.33. The molecule has 2 fully saturated rings. The molecule has 0 aromatic heterocycles. The number of nitrogens with zero attached hydrogens (tertiary/aromatic N) is 1. The highest BCUT2D eigenvalue weighted by Crippen LogP contribution is 2.36. The maximum Gasteiger partial charge on any atom is 0.406 e. The Labute approximate surface area is 230 Å². The number of nitrogens with one attached hydrogen (secondary N) is 3. The van der Waals surface area contributed by atoms with Gasteiger partial charge in [-0.2, -0.15) is 0 Å². The smallest absolute Gasteiger partial charge is 0.406 e. The molecular weight excluding hydrogens is 515 g/mol. The summed E-state index contributed by atoms with van der Waals surface area (Å²) < 4.78 is 31.3. The summed E-state index contributed by atoms with van der Waals surface area (Å²) in [5.74, 6) is -0.141. The summed E-state index contributed by atoms with van der Waals surface area (Å²) in [4.78, 5) is 26.6. The fraction of sp³-hybridized carbons (Fsp3) is 0.704. The molecular formula is C27H42ClFN4O5. The Morgan fingerprint density at radius 2 is 2.08 bits per heavy atom. The number of alkyl carbamates (subject to hydrolysis) is 1. The summed E-state index contributed by atoms with van der Waals surface area (Å²) in [6.07, 6.45) is 4.43. The fourth-order valence-corrected chi connectivity index (χ4v) is 5.57. The number of hydrogen-bond donors (Lipinski definition) is 3. The molecule has 2 aliphatic heterocycles. The van der Waals surface area contributed by atoms with Crippen molar-refractivity contribution >= 4 is 23.7 Å². The van der Waals surface area contributed by atoms with Crippen LogP contribution in [-0.4, -0.2) is 83.2 Å². The van der Waals surface area contributed by atoms with Crippen LogP contribution >= 0.6 is 11.6 Å². The number of carbonyl (C=O) groups is 2. The van der Waals surface area contributed by atoms with Crippen molar-refractivity contribution in [1.29, 1.82) is 0 Å². The first-order valence-corrected chi connectivity index (χ1v) is 14.0. The molecule has 11 heteroatoms. The Hall–Kier alpha value is -2.14. The van der Waals surface area contributed by atoms with Gasteiger partial charge in [0.05, 0.1) is 24.8 Å². The number of piperidine rings is 1. The zero-order valence-electron chi connectivity index (χ0n) is 22.5. The topological polar surface area (TPSA) is 101 Å². The van der Waals surface area contributed by atoms with E-state index >= 15 is 4.39 Å². The van der Waals surface area contributed by atoms with E-state index in [0.29, 0.717) is 31.1 Å². The van der Waals surface area contributed by atoms with E-state index in [9.17, 15) is 9.59 Å². The van der Waals surface area contributed by atoms with Crippen molar-refractivity contribution in [2.75, 3.05) is 60.2 Å². The van der Waals surface area contributed by atoms with E-state index in [1.807, 2.05) is 7.05 Å². The van der Waals surface area contributed by atoms with E-state index in [1.165, 1.54) is 13.2 Å². The van der Waals surface area contributed by atoms with E-state index in [4.69, 9.17) is 21.1 Å². The zero-order chi connectivity index (χ0) is 27.3. The summed E-state index contributed by atoms with van der Waals surface area (Å²) in [7, 11) is 3.18. The van der Waals surface area contributed by atoms with Gasteiger partial charge in [-0.3, -0.25) is 0 Å². The minimum Gasteiger partial charge on any atom is -0.453 e. The summed E-state index contributed by atoms with van der Waals surface area (Å²) in [5, 5.41) is 9.03.